The Morgan fingerprint density at radius 2 is 1.65 bits per heavy atom. The Morgan fingerprint density at radius 1 is 0.882 bits per heavy atom. The average Bonchev–Trinajstić information content (AvgIpc) is 3.18. The van der Waals surface area contributed by atoms with E-state index in [2.05, 4.69) is 20.4 Å². The van der Waals surface area contributed by atoms with Gasteiger partial charge in [-0.1, -0.05) is 36.4 Å². The van der Waals surface area contributed by atoms with E-state index in [-0.39, 0.29) is 11.8 Å². The predicted octanol–water partition coefficient (Wildman–Crippen LogP) is 4.83. The van der Waals surface area contributed by atoms with Gasteiger partial charge in [0.15, 0.2) is 5.65 Å². The van der Waals surface area contributed by atoms with Crippen molar-refractivity contribution in [2.24, 2.45) is 0 Å². The van der Waals surface area contributed by atoms with E-state index >= 15 is 0 Å². The molecular formula is C25H20F2N6O. The minimum Gasteiger partial charge on any atom is -0.492 e. The van der Waals surface area contributed by atoms with Gasteiger partial charge in [0, 0.05) is 5.56 Å². The summed E-state index contributed by atoms with van der Waals surface area (Å²) in [7, 11) is 0. The van der Waals surface area contributed by atoms with Crippen LogP contribution in [0.1, 0.15) is 0 Å². The highest BCUT2D eigenvalue weighted by atomic mass is 19.1. The minimum atomic E-state index is -0.423. The molecule has 0 aliphatic heterocycles. The lowest BCUT2D eigenvalue weighted by Crippen LogP contribution is -2.13. The smallest absolute Gasteiger partial charge is 0.225 e. The number of nitrogens with two attached hydrogens (primary N) is 1. The fourth-order valence-corrected chi connectivity index (χ4v) is 3.59. The molecule has 9 heteroatoms. The summed E-state index contributed by atoms with van der Waals surface area (Å²) in [6.07, 6.45) is 0. The van der Waals surface area contributed by atoms with Gasteiger partial charge in [-0.25, -0.2) is 18.4 Å². The Hall–Kier alpha value is -4.53. The molecule has 3 aromatic carbocycles. The number of hydrogen-bond acceptors (Lipinski definition) is 6. The first kappa shape index (κ1) is 21.3. The summed E-state index contributed by atoms with van der Waals surface area (Å²) < 4.78 is 34.9. The molecule has 0 bridgehead atoms. The fraction of sp³-hybridized carbons (Fsp3) is 0.0800. The second kappa shape index (κ2) is 9.14. The largest absolute Gasteiger partial charge is 0.492 e. The van der Waals surface area contributed by atoms with E-state index in [0.717, 1.165) is 5.75 Å². The molecule has 0 radical (unpaired) electrons. The first-order valence-electron chi connectivity index (χ1n) is 10.6. The van der Waals surface area contributed by atoms with Crippen molar-refractivity contribution in [3.63, 3.8) is 0 Å². The van der Waals surface area contributed by atoms with Crippen LogP contribution in [0.5, 0.6) is 5.75 Å². The molecule has 0 aliphatic rings. The van der Waals surface area contributed by atoms with Crippen molar-refractivity contribution in [1.29, 1.82) is 0 Å². The molecular weight excluding hydrogens is 438 g/mol. The van der Waals surface area contributed by atoms with Gasteiger partial charge in [-0.15, -0.1) is 5.10 Å². The lowest BCUT2D eigenvalue weighted by molar-refractivity contribution is 0.332. The summed E-state index contributed by atoms with van der Waals surface area (Å²) in [5.41, 5.74) is 8.06. The van der Waals surface area contributed by atoms with Gasteiger partial charge in [0.25, 0.3) is 0 Å². The quantitative estimate of drug-likeness (QED) is 0.340. The molecule has 2 aromatic heterocycles. The highest BCUT2D eigenvalue weighted by Crippen LogP contribution is 2.33. The molecule has 2 heterocycles. The van der Waals surface area contributed by atoms with Crippen molar-refractivity contribution in [2.45, 2.75) is 0 Å². The van der Waals surface area contributed by atoms with Crippen LogP contribution in [0.15, 0.2) is 78.9 Å². The SMILES string of the molecule is Nc1c2c(-c3cccc(F)c3)nc(NCCOc3ccccc3)nc2nn1-c1cccc(F)c1. The summed E-state index contributed by atoms with van der Waals surface area (Å²) in [5, 5.41) is 8.04. The van der Waals surface area contributed by atoms with Crippen LogP contribution in [0.4, 0.5) is 20.5 Å². The van der Waals surface area contributed by atoms with E-state index in [1.54, 1.807) is 24.3 Å². The molecule has 34 heavy (non-hydrogen) atoms. The van der Waals surface area contributed by atoms with Gasteiger partial charge in [-0.3, -0.25) is 0 Å². The number of rotatable bonds is 7. The monoisotopic (exact) mass is 458 g/mol. The molecule has 5 rings (SSSR count). The van der Waals surface area contributed by atoms with E-state index in [1.165, 1.54) is 28.9 Å². The number of nitrogen functional groups attached to an aromatic ring is 1. The number of aromatic nitrogens is 4. The summed E-state index contributed by atoms with van der Waals surface area (Å²) in [6, 6.07) is 21.4. The second-order valence-electron chi connectivity index (χ2n) is 7.47. The third-order valence-corrected chi connectivity index (χ3v) is 5.12. The average molecular weight is 458 g/mol. The molecule has 0 spiro atoms. The third kappa shape index (κ3) is 4.36. The molecule has 0 unspecified atom stereocenters. The molecule has 7 nitrogen and oxygen atoms in total. The third-order valence-electron chi connectivity index (χ3n) is 5.12. The Bertz CT molecular complexity index is 1460. The van der Waals surface area contributed by atoms with Crippen molar-refractivity contribution in [1.82, 2.24) is 19.7 Å². The van der Waals surface area contributed by atoms with Gasteiger partial charge in [0.1, 0.15) is 29.8 Å². The maximum absolute atomic E-state index is 14.0. The number of halogens is 2. The highest BCUT2D eigenvalue weighted by molar-refractivity contribution is 5.99. The van der Waals surface area contributed by atoms with Crippen LogP contribution in [-0.2, 0) is 0 Å². The van der Waals surface area contributed by atoms with E-state index in [0.29, 0.717) is 41.1 Å². The Kier molecular flexibility index (Phi) is 5.73. The fourth-order valence-electron chi connectivity index (χ4n) is 3.59. The Labute approximate surface area is 193 Å². The van der Waals surface area contributed by atoms with Crippen LogP contribution in [0.2, 0.25) is 0 Å². The zero-order valence-electron chi connectivity index (χ0n) is 18.0. The van der Waals surface area contributed by atoms with E-state index in [4.69, 9.17) is 10.5 Å². The summed E-state index contributed by atoms with van der Waals surface area (Å²) in [5.74, 6) is 0.425. The van der Waals surface area contributed by atoms with E-state index in [9.17, 15) is 8.78 Å². The molecule has 5 aromatic rings. The van der Waals surface area contributed by atoms with E-state index < -0.39 is 11.6 Å². The number of nitrogens with one attached hydrogen (secondary N) is 1. The molecule has 0 saturated heterocycles. The molecule has 0 aliphatic carbocycles. The highest BCUT2D eigenvalue weighted by Gasteiger charge is 2.19. The minimum absolute atomic E-state index is 0.221. The van der Waals surface area contributed by atoms with Crippen molar-refractivity contribution < 1.29 is 13.5 Å². The molecule has 0 atom stereocenters. The number of para-hydroxylation sites is 1. The molecule has 0 saturated carbocycles. The standard InChI is InChI=1S/C25H20F2N6O/c26-17-7-4-6-16(14-17)22-21-23(28)33(19-9-5-8-18(27)15-19)32-24(21)31-25(30-22)29-12-13-34-20-10-2-1-3-11-20/h1-11,14-15H,12-13,28H2,(H,29,31,32). The van der Waals surface area contributed by atoms with Gasteiger partial charge < -0.3 is 15.8 Å². The number of fused-ring (bicyclic) bond motifs is 1. The summed E-state index contributed by atoms with van der Waals surface area (Å²) >= 11 is 0. The predicted molar refractivity (Wildman–Crippen MR) is 127 cm³/mol. The van der Waals surface area contributed by atoms with Gasteiger partial charge in [-0.2, -0.15) is 4.98 Å². The zero-order chi connectivity index (χ0) is 23.5. The number of nitrogens with zero attached hydrogens (tertiary/aromatic N) is 4. The molecule has 170 valence electrons. The van der Waals surface area contributed by atoms with E-state index in [1.807, 2.05) is 30.3 Å². The Balaban J connectivity index is 1.52. The maximum Gasteiger partial charge on any atom is 0.225 e. The molecule has 0 amide bonds. The van der Waals surface area contributed by atoms with Crippen molar-refractivity contribution in [3.05, 3.63) is 90.5 Å². The topological polar surface area (TPSA) is 90.9 Å². The number of ether oxygens (including phenoxy) is 1. The van der Waals surface area contributed by atoms with Crippen molar-refractivity contribution in [3.8, 4) is 22.7 Å². The van der Waals surface area contributed by atoms with Gasteiger partial charge >= 0.3 is 0 Å². The second-order valence-corrected chi connectivity index (χ2v) is 7.47. The van der Waals surface area contributed by atoms with Crippen LogP contribution in [0.3, 0.4) is 0 Å². The van der Waals surface area contributed by atoms with Gasteiger partial charge in [0.05, 0.1) is 23.3 Å². The van der Waals surface area contributed by atoms with Crippen LogP contribution < -0.4 is 15.8 Å². The van der Waals surface area contributed by atoms with Crippen LogP contribution in [0, 0.1) is 11.6 Å². The van der Waals surface area contributed by atoms with Crippen molar-refractivity contribution >= 4 is 22.8 Å². The lowest BCUT2D eigenvalue weighted by Gasteiger charge is -2.10. The summed E-state index contributed by atoms with van der Waals surface area (Å²) in [6.45, 7) is 0.795. The zero-order valence-corrected chi connectivity index (χ0v) is 18.0. The van der Waals surface area contributed by atoms with Gasteiger partial charge in [-0.05, 0) is 42.5 Å². The summed E-state index contributed by atoms with van der Waals surface area (Å²) in [4.78, 5) is 9.07. The van der Waals surface area contributed by atoms with Crippen LogP contribution >= 0.6 is 0 Å². The maximum atomic E-state index is 14.0. The lowest BCUT2D eigenvalue weighted by atomic mass is 10.1. The normalized spacial score (nSPS) is 11.0. The first-order chi connectivity index (χ1) is 16.6. The van der Waals surface area contributed by atoms with Crippen LogP contribution in [-0.4, -0.2) is 32.9 Å². The van der Waals surface area contributed by atoms with Crippen molar-refractivity contribution in [2.75, 3.05) is 24.2 Å². The Morgan fingerprint density at radius 3 is 2.41 bits per heavy atom. The number of benzene rings is 3. The van der Waals surface area contributed by atoms with Crippen LogP contribution in [0.25, 0.3) is 28.0 Å². The number of anilines is 2. The molecule has 3 N–H and O–H groups in total. The number of hydrogen-bond donors (Lipinski definition) is 2. The first-order valence-corrected chi connectivity index (χ1v) is 10.6. The molecule has 0 fully saturated rings. The van der Waals surface area contributed by atoms with Gasteiger partial charge in [0.2, 0.25) is 5.95 Å².